The first-order chi connectivity index (χ1) is 14.0. The Morgan fingerprint density at radius 2 is 1.59 bits per heavy atom. The SMILES string of the molecule is CO/C=C(/C(=O)O)c1ccccc1Oc1cccc(C(O)c2ccccc2)c1C. The highest BCUT2D eigenvalue weighted by molar-refractivity contribution is 6.15. The minimum atomic E-state index is -1.12. The summed E-state index contributed by atoms with van der Waals surface area (Å²) in [6.07, 6.45) is 0.380. The smallest absolute Gasteiger partial charge is 0.339 e. The molecule has 0 radical (unpaired) electrons. The van der Waals surface area contributed by atoms with Gasteiger partial charge in [0.05, 0.1) is 13.4 Å². The molecule has 0 heterocycles. The van der Waals surface area contributed by atoms with Crippen molar-refractivity contribution >= 4 is 11.5 Å². The van der Waals surface area contributed by atoms with Crippen LogP contribution in [0.2, 0.25) is 0 Å². The van der Waals surface area contributed by atoms with Crippen LogP contribution in [0, 0.1) is 6.92 Å². The second-order valence-corrected chi connectivity index (χ2v) is 6.45. The predicted octanol–water partition coefficient (Wildman–Crippen LogP) is 4.94. The highest BCUT2D eigenvalue weighted by atomic mass is 16.5. The molecule has 0 amide bonds. The summed E-state index contributed by atoms with van der Waals surface area (Å²) >= 11 is 0. The van der Waals surface area contributed by atoms with Crippen molar-refractivity contribution in [2.24, 2.45) is 0 Å². The maximum absolute atomic E-state index is 11.6. The molecule has 0 bridgehead atoms. The molecule has 2 N–H and O–H groups in total. The van der Waals surface area contributed by atoms with E-state index in [9.17, 15) is 15.0 Å². The maximum Gasteiger partial charge on any atom is 0.339 e. The number of aliphatic hydroxyl groups excluding tert-OH is 1. The van der Waals surface area contributed by atoms with E-state index >= 15 is 0 Å². The number of carboxylic acid groups (broad SMARTS) is 1. The van der Waals surface area contributed by atoms with Crippen molar-refractivity contribution in [1.29, 1.82) is 0 Å². The molecular formula is C24H22O5. The lowest BCUT2D eigenvalue weighted by Gasteiger charge is -2.18. The fraction of sp³-hybridized carbons (Fsp3) is 0.125. The van der Waals surface area contributed by atoms with Crippen LogP contribution in [0.15, 0.2) is 79.1 Å². The van der Waals surface area contributed by atoms with Gasteiger partial charge in [-0.2, -0.15) is 0 Å². The summed E-state index contributed by atoms with van der Waals surface area (Å²) in [6.45, 7) is 1.86. The van der Waals surface area contributed by atoms with Crippen molar-refractivity contribution in [2.75, 3.05) is 7.11 Å². The molecular weight excluding hydrogens is 368 g/mol. The van der Waals surface area contributed by atoms with Crippen LogP contribution in [0.5, 0.6) is 11.5 Å². The van der Waals surface area contributed by atoms with Crippen LogP contribution in [0.4, 0.5) is 0 Å². The lowest BCUT2D eigenvalue weighted by Crippen LogP contribution is -2.04. The third-order valence-electron chi connectivity index (χ3n) is 4.60. The zero-order valence-electron chi connectivity index (χ0n) is 16.2. The van der Waals surface area contributed by atoms with Gasteiger partial charge in [0.2, 0.25) is 0 Å². The third kappa shape index (κ3) is 4.47. The van der Waals surface area contributed by atoms with E-state index in [1.165, 1.54) is 13.4 Å². The predicted molar refractivity (Wildman–Crippen MR) is 111 cm³/mol. The maximum atomic E-state index is 11.6. The largest absolute Gasteiger partial charge is 0.503 e. The number of hydrogen-bond acceptors (Lipinski definition) is 4. The van der Waals surface area contributed by atoms with Gasteiger partial charge in [-0.05, 0) is 35.7 Å². The van der Waals surface area contributed by atoms with Crippen molar-refractivity contribution in [2.45, 2.75) is 13.0 Å². The molecule has 0 fully saturated rings. The van der Waals surface area contributed by atoms with E-state index in [2.05, 4.69) is 0 Å². The van der Waals surface area contributed by atoms with E-state index in [-0.39, 0.29) is 5.57 Å². The fourth-order valence-electron chi connectivity index (χ4n) is 3.10. The highest BCUT2D eigenvalue weighted by Crippen LogP contribution is 2.35. The summed E-state index contributed by atoms with van der Waals surface area (Å²) in [5.74, 6) is -0.201. The van der Waals surface area contributed by atoms with Crippen molar-refractivity contribution in [3.05, 3.63) is 101 Å². The van der Waals surface area contributed by atoms with Crippen molar-refractivity contribution in [3.8, 4) is 11.5 Å². The molecule has 0 spiro atoms. The van der Waals surface area contributed by atoms with Crippen LogP contribution in [-0.2, 0) is 9.53 Å². The number of hydrogen-bond donors (Lipinski definition) is 2. The quantitative estimate of drug-likeness (QED) is 0.441. The Hall–Kier alpha value is -3.57. The number of aliphatic carboxylic acids is 1. The number of carbonyl (C=O) groups is 1. The van der Waals surface area contributed by atoms with Crippen LogP contribution in [-0.4, -0.2) is 23.3 Å². The average molecular weight is 390 g/mol. The third-order valence-corrected chi connectivity index (χ3v) is 4.60. The van der Waals surface area contributed by atoms with E-state index < -0.39 is 12.1 Å². The molecule has 1 unspecified atom stereocenters. The molecule has 148 valence electrons. The van der Waals surface area contributed by atoms with Gasteiger partial charge in [0, 0.05) is 5.56 Å². The average Bonchev–Trinajstić information content (AvgIpc) is 2.74. The van der Waals surface area contributed by atoms with Crippen LogP contribution >= 0.6 is 0 Å². The van der Waals surface area contributed by atoms with E-state index in [1.54, 1.807) is 36.4 Å². The Balaban J connectivity index is 1.99. The molecule has 3 rings (SSSR count). The van der Waals surface area contributed by atoms with E-state index in [4.69, 9.17) is 9.47 Å². The number of benzene rings is 3. The molecule has 0 aliphatic carbocycles. The van der Waals surface area contributed by atoms with Gasteiger partial charge in [-0.3, -0.25) is 0 Å². The number of methoxy groups -OCH3 is 1. The van der Waals surface area contributed by atoms with Gasteiger partial charge in [0.25, 0.3) is 0 Å². The summed E-state index contributed by atoms with van der Waals surface area (Å²) in [5.41, 5.74) is 2.66. The second kappa shape index (κ2) is 9.08. The minimum Gasteiger partial charge on any atom is -0.503 e. The molecule has 0 aliphatic heterocycles. The van der Waals surface area contributed by atoms with Gasteiger partial charge < -0.3 is 19.7 Å². The van der Waals surface area contributed by atoms with Crippen LogP contribution in [0.3, 0.4) is 0 Å². The summed E-state index contributed by atoms with van der Waals surface area (Å²) in [6, 6.07) is 21.7. The Labute approximate surface area is 169 Å². The summed E-state index contributed by atoms with van der Waals surface area (Å²) in [4.78, 5) is 11.6. The highest BCUT2D eigenvalue weighted by Gasteiger charge is 2.19. The van der Waals surface area contributed by atoms with Crippen molar-refractivity contribution in [1.82, 2.24) is 0 Å². The van der Waals surface area contributed by atoms with Crippen molar-refractivity contribution < 1.29 is 24.5 Å². The summed E-state index contributed by atoms with van der Waals surface area (Å²) < 4.78 is 11.0. The molecule has 5 nitrogen and oxygen atoms in total. The van der Waals surface area contributed by atoms with Gasteiger partial charge in [0.1, 0.15) is 23.2 Å². The first-order valence-corrected chi connectivity index (χ1v) is 9.09. The molecule has 0 saturated carbocycles. The standard InChI is InChI=1S/C24H22O5/c1-16-18(23(25)17-9-4-3-5-10-17)12-8-14-21(16)29-22-13-7-6-11-19(22)20(15-28-2)24(26)27/h3-15,23,25H,1-2H3,(H,26,27)/b20-15+. The van der Waals surface area contributed by atoms with Gasteiger partial charge in [0.15, 0.2) is 0 Å². The number of ether oxygens (including phenoxy) is 2. The Kier molecular flexibility index (Phi) is 6.32. The van der Waals surface area contributed by atoms with Gasteiger partial charge >= 0.3 is 5.97 Å². The summed E-state index contributed by atoms with van der Waals surface area (Å²) in [5, 5.41) is 20.3. The van der Waals surface area contributed by atoms with E-state index in [0.29, 0.717) is 17.1 Å². The number of rotatable bonds is 7. The van der Waals surface area contributed by atoms with Gasteiger partial charge in [-0.1, -0.05) is 60.7 Å². The Bertz CT molecular complexity index is 1020. The molecule has 0 aromatic heterocycles. The van der Waals surface area contributed by atoms with Gasteiger partial charge in [-0.25, -0.2) is 4.79 Å². The van der Waals surface area contributed by atoms with Crippen LogP contribution < -0.4 is 4.74 Å². The monoisotopic (exact) mass is 390 g/mol. The zero-order chi connectivity index (χ0) is 20.8. The zero-order valence-corrected chi connectivity index (χ0v) is 16.2. The number of para-hydroxylation sites is 1. The van der Waals surface area contributed by atoms with Crippen molar-refractivity contribution in [3.63, 3.8) is 0 Å². The Morgan fingerprint density at radius 1 is 0.931 bits per heavy atom. The van der Waals surface area contributed by atoms with E-state index in [0.717, 1.165) is 16.7 Å². The molecule has 3 aromatic carbocycles. The van der Waals surface area contributed by atoms with E-state index in [1.807, 2.05) is 43.3 Å². The van der Waals surface area contributed by atoms with Crippen LogP contribution in [0.1, 0.15) is 28.4 Å². The minimum absolute atomic E-state index is 0.0128. The summed E-state index contributed by atoms with van der Waals surface area (Å²) in [7, 11) is 1.39. The lowest BCUT2D eigenvalue weighted by atomic mass is 9.97. The Morgan fingerprint density at radius 3 is 2.28 bits per heavy atom. The molecule has 0 saturated heterocycles. The fourth-order valence-corrected chi connectivity index (χ4v) is 3.10. The lowest BCUT2D eigenvalue weighted by molar-refractivity contribution is -0.130. The first kappa shape index (κ1) is 20.2. The normalized spacial score (nSPS) is 12.3. The number of carboxylic acids is 1. The molecule has 29 heavy (non-hydrogen) atoms. The first-order valence-electron chi connectivity index (χ1n) is 9.09. The topological polar surface area (TPSA) is 76.0 Å². The van der Waals surface area contributed by atoms with Crippen LogP contribution in [0.25, 0.3) is 5.57 Å². The second-order valence-electron chi connectivity index (χ2n) is 6.45. The molecule has 1 atom stereocenters. The van der Waals surface area contributed by atoms with Gasteiger partial charge in [-0.15, -0.1) is 0 Å². The number of aliphatic hydroxyl groups is 1. The molecule has 0 aliphatic rings. The molecule has 5 heteroatoms. The molecule has 3 aromatic rings.